The number of hydrogen-bond donors (Lipinski definition) is 0. The van der Waals surface area contributed by atoms with Gasteiger partial charge in [-0.3, -0.25) is 0 Å². The Hall–Kier alpha value is -2.69. The maximum absolute atomic E-state index is 5.91. The summed E-state index contributed by atoms with van der Waals surface area (Å²) >= 11 is 1.88. The molecule has 2 nitrogen and oxygen atoms in total. The summed E-state index contributed by atoms with van der Waals surface area (Å²) in [6.45, 7) is 5.91. The highest BCUT2D eigenvalue weighted by Gasteiger charge is 2.31. The van der Waals surface area contributed by atoms with Crippen LogP contribution >= 0.6 is 11.3 Å². The highest BCUT2D eigenvalue weighted by molar-refractivity contribution is 7.99. The van der Waals surface area contributed by atoms with Crippen LogP contribution in [0.25, 0.3) is 10.4 Å². The van der Waals surface area contributed by atoms with E-state index in [-0.39, 0.29) is 10.9 Å². The van der Waals surface area contributed by atoms with Crippen molar-refractivity contribution >= 4 is 22.2 Å². The molecule has 0 spiro atoms. The van der Waals surface area contributed by atoms with E-state index in [1.165, 1.54) is 24.4 Å². The molecule has 3 aromatic carbocycles. The minimum atomic E-state index is -0.191. The molecule has 4 aromatic rings. The Morgan fingerprint density at radius 3 is 1.65 bits per heavy atom. The third-order valence-corrected chi connectivity index (χ3v) is 9.20. The maximum Gasteiger partial charge on any atom is 0.220 e. The zero-order valence-corrected chi connectivity index (χ0v) is 21.7. The second kappa shape index (κ2) is 12.7. The van der Waals surface area contributed by atoms with Crippen molar-refractivity contribution in [3.05, 3.63) is 91.0 Å². The third-order valence-electron chi connectivity index (χ3n) is 5.49. The predicted molar refractivity (Wildman–Crippen MR) is 146 cm³/mol. The van der Waals surface area contributed by atoms with Crippen LogP contribution in [0.5, 0.6) is 11.5 Å². The Morgan fingerprint density at radius 2 is 1.15 bits per heavy atom. The Labute approximate surface area is 210 Å². The van der Waals surface area contributed by atoms with Crippen LogP contribution in [0.4, 0.5) is 0 Å². The largest absolute Gasteiger partial charge is 0.494 e. The first-order valence-corrected chi connectivity index (χ1v) is 14.2. The molecule has 1 heterocycles. The van der Waals surface area contributed by atoms with Gasteiger partial charge in [0.05, 0.1) is 13.2 Å². The lowest BCUT2D eigenvalue weighted by Crippen LogP contribution is -2.04. The van der Waals surface area contributed by atoms with E-state index in [9.17, 15) is 0 Å². The molecule has 34 heavy (non-hydrogen) atoms. The lowest BCUT2D eigenvalue weighted by atomic mass is 10.2. The molecule has 0 saturated carbocycles. The summed E-state index contributed by atoms with van der Waals surface area (Å²) in [5.74, 6) is 1.88. The van der Waals surface area contributed by atoms with Crippen LogP contribution in [0, 0.1) is 0 Å². The number of hydrogen-bond acceptors (Lipinski definition) is 3. The molecular weight excluding hydrogens is 456 g/mol. The molecule has 0 amide bonds. The number of benzene rings is 3. The van der Waals surface area contributed by atoms with Gasteiger partial charge >= 0.3 is 0 Å². The van der Waals surface area contributed by atoms with E-state index in [0.717, 1.165) is 50.4 Å². The highest BCUT2D eigenvalue weighted by Crippen LogP contribution is 2.39. The minimum Gasteiger partial charge on any atom is -0.494 e. The van der Waals surface area contributed by atoms with Gasteiger partial charge in [-0.2, -0.15) is 0 Å². The van der Waals surface area contributed by atoms with Crippen molar-refractivity contribution in [2.45, 2.75) is 53.5 Å². The molecule has 0 fully saturated rings. The van der Waals surface area contributed by atoms with Crippen molar-refractivity contribution in [3.63, 3.8) is 0 Å². The maximum atomic E-state index is 5.91. The topological polar surface area (TPSA) is 18.5 Å². The number of unbranched alkanes of at least 4 members (excludes halogenated alkanes) is 2. The summed E-state index contributed by atoms with van der Waals surface area (Å²) in [5.41, 5.74) is 1.27. The van der Waals surface area contributed by atoms with E-state index in [0.29, 0.717) is 0 Å². The Kier molecular flexibility index (Phi) is 9.12. The Morgan fingerprint density at radius 1 is 0.618 bits per heavy atom. The van der Waals surface area contributed by atoms with Gasteiger partial charge in [0, 0.05) is 10.9 Å². The third kappa shape index (κ3) is 6.46. The smallest absolute Gasteiger partial charge is 0.220 e. The van der Waals surface area contributed by atoms with Crippen LogP contribution in [-0.2, 0) is 10.9 Å². The molecule has 0 radical (unpaired) electrons. The predicted octanol–water partition coefficient (Wildman–Crippen LogP) is 8.87. The second-order valence-electron chi connectivity index (χ2n) is 8.14. The first-order valence-electron chi connectivity index (χ1n) is 12.1. The molecule has 0 saturated heterocycles. The van der Waals surface area contributed by atoms with Gasteiger partial charge in [0.15, 0.2) is 9.79 Å². The average molecular weight is 490 g/mol. The molecule has 0 aliphatic carbocycles. The van der Waals surface area contributed by atoms with Crippen molar-refractivity contribution < 1.29 is 9.47 Å². The Balaban J connectivity index is 1.62. The fourth-order valence-corrected chi connectivity index (χ4v) is 7.25. The quantitative estimate of drug-likeness (QED) is 0.146. The van der Waals surface area contributed by atoms with E-state index in [4.69, 9.17) is 9.47 Å². The van der Waals surface area contributed by atoms with E-state index in [1.807, 2.05) is 11.3 Å². The van der Waals surface area contributed by atoms with Crippen LogP contribution in [0.2, 0.25) is 0 Å². The summed E-state index contributed by atoms with van der Waals surface area (Å²) in [6, 6.07) is 32.5. The normalized spacial score (nSPS) is 11.0. The van der Waals surface area contributed by atoms with Gasteiger partial charge in [-0.25, -0.2) is 0 Å². The number of thiophene rings is 1. The van der Waals surface area contributed by atoms with Gasteiger partial charge in [-0.1, -0.05) is 68.4 Å². The molecule has 0 aliphatic heterocycles. The fraction of sp³-hybridized carbons (Fsp3) is 0.267. The molecule has 4 heteroatoms. The van der Waals surface area contributed by atoms with Crippen molar-refractivity contribution in [2.75, 3.05) is 13.2 Å². The number of ether oxygens (including phenoxy) is 2. The van der Waals surface area contributed by atoms with Gasteiger partial charge in [0.25, 0.3) is 0 Å². The summed E-state index contributed by atoms with van der Waals surface area (Å²) < 4.78 is 13.2. The summed E-state index contributed by atoms with van der Waals surface area (Å²) in [5, 5.41) is 0. The van der Waals surface area contributed by atoms with Gasteiger partial charge in [0.1, 0.15) is 22.4 Å². The first-order chi connectivity index (χ1) is 16.8. The van der Waals surface area contributed by atoms with Crippen molar-refractivity contribution in [1.82, 2.24) is 0 Å². The van der Waals surface area contributed by atoms with Crippen molar-refractivity contribution in [2.24, 2.45) is 0 Å². The highest BCUT2D eigenvalue weighted by atomic mass is 32.2. The van der Waals surface area contributed by atoms with Gasteiger partial charge in [0.2, 0.25) is 4.21 Å². The zero-order valence-electron chi connectivity index (χ0n) is 20.0. The standard InChI is InChI=1S/C30H33O2S2/c1-3-5-22-31-25-12-16-27(17-13-25)34(28-18-14-26(15-19-28)32-23-6-4-2)30-21-20-29(33-30)24-10-8-7-9-11-24/h7-21H,3-6,22-23H2,1-2H3/q+1. The minimum absolute atomic E-state index is 0.191. The fourth-order valence-electron chi connectivity index (χ4n) is 3.57. The van der Waals surface area contributed by atoms with Crippen molar-refractivity contribution in [1.29, 1.82) is 0 Å². The van der Waals surface area contributed by atoms with E-state index in [1.54, 1.807) is 0 Å². The molecule has 0 atom stereocenters. The monoisotopic (exact) mass is 489 g/mol. The molecule has 0 N–H and O–H groups in total. The van der Waals surface area contributed by atoms with Crippen LogP contribution in [0.15, 0.2) is 105 Å². The second-order valence-corrected chi connectivity index (χ2v) is 11.5. The lowest BCUT2D eigenvalue weighted by Gasteiger charge is -2.09. The summed E-state index contributed by atoms with van der Waals surface area (Å²) in [7, 11) is -0.191. The lowest BCUT2D eigenvalue weighted by molar-refractivity contribution is 0.309. The van der Waals surface area contributed by atoms with E-state index in [2.05, 4.69) is 105 Å². The molecule has 0 unspecified atom stereocenters. The van der Waals surface area contributed by atoms with Crippen molar-refractivity contribution in [3.8, 4) is 21.9 Å². The van der Waals surface area contributed by atoms with Gasteiger partial charge in [-0.05, 0) is 73.0 Å². The van der Waals surface area contributed by atoms with Crippen LogP contribution < -0.4 is 9.47 Å². The molecule has 0 aliphatic rings. The Bertz CT molecular complexity index is 1070. The molecule has 1 aromatic heterocycles. The molecular formula is C30H33O2S2+. The summed E-state index contributed by atoms with van der Waals surface area (Å²) in [4.78, 5) is 3.89. The average Bonchev–Trinajstić information content (AvgIpc) is 3.37. The number of rotatable bonds is 12. The van der Waals surface area contributed by atoms with Crippen LogP contribution in [0.3, 0.4) is 0 Å². The molecule has 0 bridgehead atoms. The molecule has 176 valence electrons. The van der Waals surface area contributed by atoms with Crippen LogP contribution in [0.1, 0.15) is 39.5 Å². The summed E-state index contributed by atoms with van der Waals surface area (Å²) in [6.07, 6.45) is 4.44. The SMILES string of the molecule is CCCCOc1ccc([S+](c2ccc(OCCCC)cc2)c2ccc(-c3ccccc3)s2)cc1. The van der Waals surface area contributed by atoms with Crippen LogP contribution in [-0.4, -0.2) is 13.2 Å². The first kappa shape index (κ1) is 24.4. The van der Waals surface area contributed by atoms with E-state index < -0.39 is 0 Å². The van der Waals surface area contributed by atoms with Gasteiger partial charge < -0.3 is 9.47 Å². The zero-order chi connectivity index (χ0) is 23.6. The molecule has 4 rings (SSSR count). The van der Waals surface area contributed by atoms with Gasteiger partial charge in [-0.15, -0.1) is 0 Å². The van der Waals surface area contributed by atoms with E-state index >= 15 is 0 Å².